The van der Waals surface area contributed by atoms with E-state index >= 15 is 0 Å². The lowest BCUT2D eigenvalue weighted by atomic mass is 10.1. The average Bonchev–Trinajstić information content (AvgIpc) is 2.35. The number of hydrogen-bond donors (Lipinski definition) is 0. The van der Waals surface area contributed by atoms with E-state index in [1.54, 1.807) is 12.1 Å². The quantitative estimate of drug-likeness (QED) is 0.782. The molecule has 0 atom stereocenters. The molecule has 0 aromatic heterocycles. The summed E-state index contributed by atoms with van der Waals surface area (Å²) in [6.07, 6.45) is 0. The fourth-order valence-electron chi connectivity index (χ4n) is 1.67. The minimum atomic E-state index is -0.410. The van der Waals surface area contributed by atoms with E-state index in [4.69, 9.17) is 16.3 Å². The van der Waals surface area contributed by atoms with Crippen LogP contribution in [0.15, 0.2) is 36.4 Å². The van der Waals surface area contributed by atoms with Crippen molar-refractivity contribution in [2.24, 2.45) is 0 Å². The van der Waals surface area contributed by atoms with Gasteiger partial charge in [0.25, 0.3) is 0 Å². The molecule has 0 amide bonds. The van der Waals surface area contributed by atoms with Crippen LogP contribution < -0.4 is 4.74 Å². The van der Waals surface area contributed by atoms with E-state index in [0.29, 0.717) is 6.61 Å². The first-order chi connectivity index (χ1) is 8.58. The fourth-order valence-corrected chi connectivity index (χ4v) is 1.87. The lowest BCUT2D eigenvalue weighted by Crippen LogP contribution is -1.98. The predicted molar refractivity (Wildman–Crippen MR) is 71.7 cm³/mol. The molecule has 0 saturated carbocycles. The van der Waals surface area contributed by atoms with Crippen LogP contribution in [0.3, 0.4) is 0 Å². The topological polar surface area (TPSA) is 9.23 Å². The molecule has 0 spiro atoms. The summed E-state index contributed by atoms with van der Waals surface area (Å²) in [5.74, 6) is 0.433. The zero-order valence-electron chi connectivity index (χ0n) is 10.3. The van der Waals surface area contributed by atoms with Crippen molar-refractivity contribution in [3.63, 3.8) is 0 Å². The number of hydrogen-bond acceptors (Lipinski definition) is 1. The van der Waals surface area contributed by atoms with E-state index in [0.717, 1.165) is 16.9 Å². The van der Waals surface area contributed by atoms with Crippen molar-refractivity contribution in [2.45, 2.75) is 20.5 Å². The van der Waals surface area contributed by atoms with Gasteiger partial charge in [-0.1, -0.05) is 29.8 Å². The molecule has 0 fully saturated rings. The Balaban J connectivity index is 2.11. The monoisotopic (exact) mass is 264 g/mol. The van der Waals surface area contributed by atoms with Crippen LogP contribution in [0.25, 0.3) is 0 Å². The molecule has 2 rings (SSSR count). The summed E-state index contributed by atoms with van der Waals surface area (Å²) < 4.78 is 18.7. The van der Waals surface area contributed by atoms with Crippen molar-refractivity contribution in [1.29, 1.82) is 0 Å². The van der Waals surface area contributed by atoms with Gasteiger partial charge >= 0.3 is 0 Å². The van der Waals surface area contributed by atoms with Crippen molar-refractivity contribution < 1.29 is 9.13 Å². The second kappa shape index (κ2) is 5.40. The number of halogens is 2. The Morgan fingerprint density at radius 3 is 2.67 bits per heavy atom. The zero-order chi connectivity index (χ0) is 13.1. The standard InChI is InChI=1S/C15H14ClFO/c1-10-4-3-5-15(11(10)2)18-9-12-6-7-14(17)13(16)8-12/h3-8H,9H2,1-2H3. The van der Waals surface area contributed by atoms with Crippen molar-refractivity contribution >= 4 is 11.6 Å². The molecule has 2 aromatic carbocycles. The highest BCUT2D eigenvalue weighted by Crippen LogP contribution is 2.22. The van der Waals surface area contributed by atoms with E-state index in [-0.39, 0.29) is 5.02 Å². The fraction of sp³-hybridized carbons (Fsp3) is 0.200. The van der Waals surface area contributed by atoms with Crippen molar-refractivity contribution in [2.75, 3.05) is 0 Å². The molecule has 0 bridgehead atoms. The number of ether oxygens (including phenoxy) is 1. The summed E-state index contributed by atoms with van der Waals surface area (Å²) >= 11 is 5.72. The van der Waals surface area contributed by atoms with Crippen molar-refractivity contribution in [3.8, 4) is 5.75 Å². The number of aryl methyl sites for hydroxylation is 1. The summed E-state index contributed by atoms with van der Waals surface area (Å²) in [5.41, 5.74) is 3.15. The molecule has 2 aromatic rings. The highest BCUT2D eigenvalue weighted by atomic mass is 35.5. The Bertz CT molecular complexity index is 566. The third kappa shape index (κ3) is 2.82. The molecule has 1 nitrogen and oxygen atoms in total. The van der Waals surface area contributed by atoms with Gasteiger partial charge in [-0.15, -0.1) is 0 Å². The Kier molecular flexibility index (Phi) is 3.87. The third-order valence-corrected chi connectivity index (χ3v) is 3.22. The first kappa shape index (κ1) is 12.9. The largest absolute Gasteiger partial charge is 0.489 e. The van der Waals surface area contributed by atoms with Crippen LogP contribution in [0, 0.1) is 19.7 Å². The van der Waals surface area contributed by atoms with Crippen molar-refractivity contribution in [1.82, 2.24) is 0 Å². The van der Waals surface area contributed by atoms with Gasteiger partial charge in [-0.25, -0.2) is 4.39 Å². The van der Waals surface area contributed by atoms with Gasteiger partial charge in [0.2, 0.25) is 0 Å². The maximum Gasteiger partial charge on any atom is 0.141 e. The summed E-state index contributed by atoms with van der Waals surface area (Å²) in [7, 11) is 0. The third-order valence-electron chi connectivity index (χ3n) is 2.93. The van der Waals surface area contributed by atoms with E-state index in [9.17, 15) is 4.39 Å². The summed E-state index contributed by atoms with van der Waals surface area (Å²) in [5, 5.41) is 0.122. The predicted octanol–water partition coefficient (Wildman–Crippen LogP) is 4.67. The molecular formula is C15H14ClFO. The second-order valence-electron chi connectivity index (χ2n) is 4.24. The van der Waals surface area contributed by atoms with Gasteiger partial charge in [0, 0.05) is 0 Å². The Morgan fingerprint density at radius 1 is 1.17 bits per heavy atom. The molecule has 94 valence electrons. The van der Waals surface area contributed by atoms with E-state index < -0.39 is 5.82 Å². The zero-order valence-corrected chi connectivity index (χ0v) is 11.1. The summed E-state index contributed by atoms with van der Waals surface area (Å²) in [6, 6.07) is 10.5. The maximum atomic E-state index is 13.0. The average molecular weight is 265 g/mol. The van der Waals surface area contributed by atoms with Gasteiger partial charge in [-0.3, -0.25) is 0 Å². The molecule has 18 heavy (non-hydrogen) atoms. The lowest BCUT2D eigenvalue weighted by Gasteiger charge is -2.11. The van der Waals surface area contributed by atoms with Gasteiger partial charge in [0.1, 0.15) is 18.2 Å². The van der Waals surface area contributed by atoms with Gasteiger partial charge < -0.3 is 4.74 Å². The molecule has 0 radical (unpaired) electrons. The summed E-state index contributed by atoms with van der Waals surface area (Å²) in [4.78, 5) is 0. The molecule has 0 unspecified atom stereocenters. The van der Waals surface area contributed by atoms with E-state index in [2.05, 4.69) is 0 Å². The Hall–Kier alpha value is -1.54. The molecule has 0 N–H and O–H groups in total. The first-order valence-electron chi connectivity index (χ1n) is 5.71. The van der Waals surface area contributed by atoms with Crippen molar-refractivity contribution in [3.05, 3.63) is 63.9 Å². The van der Waals surface area contributed by atoms with E-state index in [1.165, 1.54) is 11.6 Å². The molecular weight excluding hydrogens is 251 g/mol. The minimum absolute atomic E-state index is 0.122. The number of rotatable bonds is 3. The van der Waals surface area contributed by atoms with E-state index in [1.807, 2.05) is 32.0 Å². The van der Waals surface area contributed by atoms with Crippen LogP contribution in [-0.2, 0) is 6.61 Å². The molecule has 3 heteroatoms. The molecule has 0 saturated heterocycles. The van der Waals surface area contributed by atoms with Crippen LogP contribution in [0.5, 0.6) is 5.75 Å². The van der Waals surface area contributed by atoms with Crippen LogP contribution in [0.4, 0.5) is 4.39 Å². The highest BCUT2D eigenvalue weighted by molar-refractivity contribution is 6.30. The Labute approximate surface area is 111 Å². The summed E-state index contributed by atoms with van der Waals surface area (Å²) in [6.45, 7) is 4.43. The normalized spacial score (nSPS) is 10.4. The van der Waals surface area contributed by atoms with Crippen LogP contribution >= 0.6 is 11.6 Å². The SMILES string of the molecule is Cc1cccc(OCc2ccc(F)c(Cl)c2)c1C. The highest BCUT2D eigenvalue weighted by Gasteiger charge is 2.04. The van der Waals surface area contributed by atoms with Gasteiger partial charge in [0.15, 0.2) is 0 Å². The van der Waals surface area contributed by atoms with Gasteiger partial charge in [0.05, 0.1) is 5.02 Å². The Morgan fingerprint density at radius 2 is 1.94 bits per heavy atom. The van der Waals surface area contributed by atoms with Crippen LogP contribution in [-0.4, -0.2) is 0 Å². The smallest absolute Gasteiger partial charge is 0.141 e. The molecule has 0 aliphatic carbocycles. The van der Waals surface area contributed by atoms with Gasteiger partial charge in [-0.05, 0) is 48.7 Å². The van der Waals surface area contributed by atoms with Crippen LogP contribution in [0.1, 0.15) is 16.7 Å². The molecule has 0 aliphatic heterocycles. The minimum Gasteiger partial charge on any atom is -0.489 e. The lowest BCUT2D eigenvalue weighted by molar-refractivity contribution is 0.303. The first-order valence-corrected chi connectivity index (χ1v) is 6.08. The number of benzene rings is 2. The van der Waals surface area contributed by atoms with Gasteiger partial charge in [-0.2, -0.15) is 0 Å². The molecule has 0 heterocycles. The second-order valence-corrected chi connectivity index (χ2v) is 4.64. The van der Waals surface area contributed by atoms with Crippen LogP contribution in [0.2, 0.25) is 5.02 Å². The molecule has 0 aliphatic rings. The maximum absolute atomic E-state index is 13.0.